The van der Waals surface area contributed by atoms with Crippen LogP contribution in [0.25, 0.3) is 0 Å². The zero-order chi connectivity index (χ0) is 14.7. The van der Waals surface area contributed by atoms with E-state index < -0.39 is 0 Å². The van der Waals surface area contributed by atoms with Crippen molar-refractivity contribution in [2.75, 3.05) is 25.0 Å². The Morgan fingerprint density at radius 1 is 1.14 bits per heavy atom. The van der Waals surface area contributed by atoms with Gasteiger partial charge in [-0.2, -0.15) is 0 Å². The van der Waals surface area contributed by atoms with E-state index in [0.29, 0.717) is 5.41 Å². The van der Waals surface area contributed by atoms with E-state index in [2.05, 4.69) is 48.5 Å². The topological polar surface area (TPSA) is 15.3 Å². The quantitative estimate of drug-likeness (QED) is 0.815. The first kappa shape index (κ1) is 14.9. The van der Waals surface area contributed by atoms with Crippen molar-refractivity contribution in [3.8, 4) is 0 Å². The van der Waals surface area contributed by atoms with Gasteiger partial charge in [-0.15, -0.1) is 0 Å². The Labute approximate surface area is 129 Å². The van der Waals surface area contributed by atoms with Crippen LogP contribution in [-0.2, 0) is 6.42 Å². The van der Waals surface area contributed by atoms with Crippen molar-refractivity contribution in [1.82, 2.24) is 5.32 Å². The molecule has 116 valence electrons. The van der Waals surface area contributed by atoms with Gasteiger partial charge in [-0.3, -0.25) is 0 Å². The molecule has 1 N–H and O–H groups in total. The van der Waals surface area contributed by atoms with Crippen molar-refractivity contribution in [3.05, 3.63) is 29.8 Å². The minimum absolute atomic E-state index is 0.501. The largest absolute Gasteiger partial charge is 0.374 e. The van der Waals surface area contributed by atoms with Gasteiger partial charge in [0.1, 0.15) is 0 Å². The molecule has 0 heterocycles. The van der Waals surface area contributed by atoms with E-state index in [1.165, 1.54) is 62.9 Å². The molecule has 0 amide bonds. The highest BCUT2D eigenvalue weighted by atomic mass is 15.1. The first-order chi connectivity index (χ1) is 10.2. The third-order valence-electron chi connectivity index (χ3n) is 5.37. The van der Waals surface area contributed by atoms with Crippen LogP contribution in [0.5, 0.6) is 0 Å². The Morgan fingerprint density at radius 2 is 1.81 bits per heavy atom. The van der Waals surface area contributed by atoms with Crippen molar-refractivity contribution in [2.45, 2.75) is 57.9 Å². The van der Waals surface area contributed by atoms with Gasteiger partial charge in [0.05, 0.1) is 0 Å². The van der Waals surface area contributed by atoms with Crippen LogP contribution in [0.2, 0.25) is 0 Å². The second-order valence-electron chi connectivity index (χ2n) is 7.24. The van der Waals surface area contributed by atoms with E-state index >= 15 is 0 Å². The maximum absolute atomic E-state index is 3.79. The summed E-state index contributed by atoms with van der Waals surface area (Å²) in [4.78, 5) is 2.47. The first-order valence-corrected chi connectivity index (χ1v) is 8.74. The summed E-state index contributed by atoms with van der Waals surface area (Å²) < 4.78 is 0. The van der Waals surface area contributed by atoms with Gasteiger partial charge in [0.2, 0.25) is 0 Å². The highest BCUT2D eigenvalue weighted by molar-refractivity contribution is 5.47. The standard InChI is InChI=1S/C19H30N2/c1-3-16-6-10-18(11-7-16)21(2)15-19(12-4-5-13-19)14-20-17-8-9-17/h6-7,10-11,17,20H,3-5,8-9,12-15H2,1-2H3. The number of aryl methyl sites for hydroxylation is 1. The second kappa shape index (κ2) is 6.39. The molecule has 0 aromatic heterocycles. The highest BCUT2D eigenvalue weighted by Gasteiger charge is 2.36. The van der Waals surface area contributed by atoms with Crippen LogP contribution in [0.3, 0.4) is 0 Å². The number of nitrogens with zero attached hydrogens (tertiary/aromatic N) is 1. The monoisotopic (exact) mass is 286 g/mol. The smallest absolute Gasteiger partial charge is 0.0363 e. The number of benzene rings is 1. The molecule has 0 bridgehead atoms. The number of anilines is 1. The summed E-state index contributed by atoms with van der Waals surface area (Å²) in [5, 5.41) is 3.79. The molecular formula is C19H30N2. The van der Waals surface area contributed by atoms with Gasteiger partial charge < -0.3 is 10.2 Å². The SMILES string of the molecule is CCc1ccc(N(C)CC2(CNC3CC3)CCCC2)cc1. The fourth-order valence-electron chi connectivity index (χ4n) is 3.74. The summed E-state index contributed by atoms with van der Waals surface area (Å²) in [7, 11) is 2.26. The molecule has 21 heavy (non-hydrogen) atoms. The van der Waals surface area contributed by atoms with E-state index in [1.54, 1.807) is 0 Å². The van der Waals surface area contributed by atoms with Crippen molar-refractivity contribution in [2.24, 2.45) is 5.41 Å². The Morgan fingerprint density at radius 3 is 2.38 bits per heavy atom. The van der Waals surface area contributed by atoms with E-state index in [9.17, 15) is 0 Å². The van der Waals surface area contributed by atoms with Crippen molar-refractivity contribution in [3.63, 3.8) is 0 Å². The molecule has 1 aromatic rings. The Bertz CT molecular complexity index is 441. The molecule has 0 saturated heterocycles. The van der Waals surface area contributed by atoms with Crippen LogP contribution in [0.4, 0.5) is 5.69 Å². The molecular weight excluding hydrogens is 256 g/mol. The first-order valence-electron chi connectivity index (χ1n) is 8.74. The van der Waals surface area contributed by atoms with Crippen LogP contribution in [0, 0.1) is 5.41 Å². The highest BCUT2D eigenvalue weighted by Crippen LogP contribution is 2.39. The average Bonchev–Trinajstić information content (AvgIpc) is 3.25. The number of hydrogen-bond acceptors (Lipinski definition) is 2. The van der Waals surface area contributed by atoms with E-state index in [0.717, 1.165) is 12.5 Å². The summed E-state index contributed by atoms with van der Waals surface area (Å²) in [6.07, 6.45) is 9.52. The molecule has 0 aliphatic heterocycles. The zero-order valence-corrected chi connectivity index (χ0v) is 13.7. The molecule has 0 spiro atoms. The third kappa shape index (κ3) is 3.79. The predicted octanol–water partition coefficient (Wildman–Crippen LogP) is 4.00. The number of hydrogen-bond donors (Lipinski definition) is 1. The van der Waals surface area contributed by atoms with Gasteiger partial charge in [-0.05, 0) is 49.8 Å². The summed E-state index contributed by atoms with van der Waals surface area (Å²) >= 11 is 0. The van der Waals surface area contributed by atoms with Gasteiger partial charge in [0, 0.05) is 37.3 Å². The van der Waals surface area contributed by atoms with Crippen LogP contribution in [-0.4, -0.2) is 26.2 Å². The third-order valence-corrected chi connectivity index (χ3v) is 5.37. The minimum atomic E-state index is 0.501. The van der Waals surface area contributed by atoms with Gasteiger partial charge in [-0.1, -0.05) is 31.9 Å². The maximum Gasteiger partial charge on any atom is 0.0363 e. The summed E-state index contributed by atoms with van der Waals surface area (Å²) in [6.45, 7) is 4.63. The fourth-order valence-corrected chi connectivity index (χ4v) is 3.74. The molecule has 0 radical (unpaired) electrons. The lowest BCUT2D eigenvalue weighted by Gasteiger charge is -2.35. The van der Waals surface area contributed by atoms with E-state index in [-0.39, 0.29) is 0 Å². The molecule has 2 heteroatoms. The lowest BCUT2D eigenvalue weighted by molar-refractivity contribution is 0.285. The second-order valence-corrected chi connectivity index (χ2v) is 7.24. The van der Waals surface area contributed by atoms with E-state index in [4.69, 9.17) is 0 Å². The Balaban J connectivity index is 1.62. The predicted molar refractivity (Wildman–Crippen MR) is 91.0 cm³/mol. The molecule has 0 atom stereocenters. The lowest BCUT2D eigenvalue weighted by Crippen LogP contribution is -2.42. The molecule has 0 unspecified atom stereocenters. The number of rotatable bonds is 7. The van der Waals surface area contributed by atoms with Crippen molar-refractivity contribution >= 4 is 5.69 Å². The molecule has 2 fully saturated rings. The van der Waals surface area contributed by atoms with Crippen LogP contribution in [0.15, 0.2) is 24.3 Å². The Kier molecular flexibility index (Phi) is 4.54. The van der Waals surface area contributed by atoms with Crippen molar-refractivity contribution < 1.29 is 0 Å². The van der Waals surface area contributed by atoms with Crippen molar-refractivity contribution in [1.29, 1.82) is 0 Å². The molecule has 2 aliphatic rings. The molecule has 2 saturated carbocycles. The number of nitrogens with one attached hydrogen (secondary N) is 1. The van der Waals surface area contributed by atoms with Gasteiger partial charge in [0.25, 0.3) is 0 Å². The van der Waals surface area contributed by atoms with Crippen LogP contribution in [0.1, 0.15) is 51.0 Å². The average molecular weight is 286 g/mol. The molecule has 2 aliphatic carbocycles. The van der Waals surface area contributed by atoms with Gasteiger partial charge in [-0.25, -0.2) is 0 Å². The molecule has 2 nitrogen and oxygen atoms in total. The fraction of sp³-hybridized carbons (Fsp3) is 0.684. The summed E-state index contributed by atoms with van der Waals surface area (Å²) in [6, 6.07) is 9.95. The van der Waals surface area contributed by atoms with Crippen LogP contribution < -0.4 is 10.2 Å². The molecule has 1 aromatic carbocycles. The molecule has 3 rings (SSSR count). The van der Waals surface area contributed by atoms with Crippen LogP contribution >= 0.6 is 0 Å². The van der Waals surface area contributed by atoms with E-state index in [1.807, 2.05) is 0 Å². The Hall–Kier alpha value is -1.02. The van der Waals surface area contributed by atoms with Gasteiger partial charge >= 0.3 is 0 Å². The normalized spacial score (nSPS) is 20.7. The lowest BCUT2D eigenvalue weighted by atomic mass is 9.85. The maximum atomic E-state index is 3.79. The van der Waals surface area contributed by atoms with Gasteiger partial charge in [0.15, 0.2) is 0 Å². The summed E-state index contributed by atoms with van der Waals surface area (Å²) in [5.74, 6) is 0. The zero-order valence-electron chi connectivity index (χ0n) is 13.7. The minimum Gasteiger partial charge on any atom is -0.374 e. The summed E-state index contributed by atoms with van der Waals surface area (Å²) in [5.41, 5.74) is 3.30.